The van der Waals surface area contributed by atoms with Gasteiger partial charge in [0.25, 0.3) is 0 Å². The summed E-state index contributed by atoms with van der Waals surface area (Å²) in [6, 6.07) is 0. The fourth-order valence-electron chi connectivity index (χ4n) is 0.871. The lowest BCUT2D eigenvalue weighted by Gasteiger charge is -2.36. The summed E-state index contributed by atoms with van der Waals surface area (Å²) in [6.07, 6.45) is 1.75. The minimum atomic E-state index is -0.346. The van der Waals surface area contributed by atoms with E-state index in [4.69, 9.17) is 4.74 Å². The molecule has 0 spiro atoms. The van der Waals surface area contributed by atoms with E-state index in [0.717, 1.165) is 0 Å². The van der Waals surface area contributed by atoms with Crippen LogP contribution in [-0.2, 0) is 14.3 Å². The molecule has 62 valence electrons. The number of carbonyl (C=O) groups excluding carboxylic acids is 2. The van der Waals surface area contributed by atoms with Crippen LogP contribution in [0.5, 0.6) is 0 Å². The maximum absolute atomic E-state index is 10.8. The fourth-order valence-corrected chi connectivity index (χ4v) is 1.50. The lowest BCUT2D eigenvalue weighted by Crippen LogP contribution is -2.50. The predicted octanol–water partition coefficient (Wildman–Crippen LogP) is 0.386. The topological polar surface area (TPSA) is 46.6 Å². The molecule has 5 heteroatoms. The van der Waals surface area contributed by atoms with Gasteiger partial charge in [0.05, 0.1) is 6.42 Å². The summed E-state index contributed by atoms with van der Waals surface area (Å²) >= 11 is 1.28. The Morgan fingerprint density at radius 3 is 2.82 bits per heavy atom. The molecule has 1 rings (SSSR count). The molecular weight excluding hydrogens is 166 g/mol. The number of rotatable bonds is 2. The maximum atomic E-state index is 10.8. The van der Waals surface area contributed by atoms with Gasteiger partial charge in [0.1, 0.15) is 0 Å². The third-order valence-corrected chi connectivity index (χ3v) is 2.19. The highest BCUT2D eigenvalue weighted by Crippen LogP contribution is 2.26. The summed E-state index contributed by atoms with van der Waals surface area (Å²) < 4.78 is 6.25. The van der Waals surface area contributed by atoms with Gasteiger partial charge in [0, 0.05) is 13.2 Å². The zero-order valence-electron chi connectivity index (χ0n) is 6.36. The van der Waals surface area contributed by atoms with Crippen LogP contribution in [0.4, 0.5) is 0 Å². The van der Waals surface area contributed by atoms with Crippen molar-refractivity contribution in [2.24, 2.45) is 0 Å². The second kappa shape index (κ2) is 3.13. The Morgan fingerprint density at radius 2 is 2.45 bits per heavy atom. The first kappa shape index (κ1) is 8.39. The van der Waals surface area contributed by atoms with Gasteiger partial charge in [0.2, 0.25) is 5.91 Å². The van der Waals surface area contributed by atoms with Crippen LogP contribution in [-0.4, -0.2) is 28.7 Å². The minimum Gasteiger partial charge on any atom is -0.440 e. The highest BCUT2D eigenvalue weighted by Gasteiger charge is 2.38. The standard InChI is InChI=1S/C6H9NO3S/c1-4(8)10-6-3-5(9)7(6)11-2/h6H,3H2,1-2H3/t6-/m1/s1. The molecule has 4 nitrogen and oxygen atoms in total. The Labute approximate surface area is 69.0 Å². The van der Waals surface area contributed by atoms with Crippen LogP contribution in [0.15, 0.2) is 0 Å². The van der Waals surface area contributed by atoms with Gasteiger partial charge in [-0.1, -0.05) is 0 Å². The van der Waals surface area contributed by atoms with E-state index in [2.05, 4.69) is 0 Å². The third kappa shape index (κ3) is 1.65. The van der Waals surface area contributed by atoms with Crippen LogP contribution < -0.4 is 0 Å². The molecular formula is C6H9NO3S. The summed E-state index contributed by atoms with van der Waals surface area (Å²) in [5, 5.41) is 0. The van der Waals surface area contributed by atoms with Crippen LogP contribution in [0.25, 0.3) is 0 Å². The molecule has 1 heterocycles. The van der Waals surface area contributed by atoms with Crippen molar-refractivity contribution in [2.45, 2.75) is 19.6 Å². The highest BCUT2D eigenvalue weighted by molar-refractivity contribution is 7.96. The first-order valence-corrected chi connectivity index (χ1v) is 4.36. The van der Waals surface area contributed by atoms with Crippen molar-refractivity contribution < 1.29 is 14.3 Å². The summed E-state index contributed by atoms with van der Waals surface area (Å²) in [4.78, 5) is 21.2. The summed E-state index contributed by atoms with van der Waals surface area (Å²) in [5.41, 5.74) is 0. The number of nitrogens with zero attached hydrogens (tertiary/aromatic N) is 1. The molecule has 1 amide bonds. The largest absolute Gasteiger partial charge is 0.440 e. The summed E-state index contributed by atoms with van der Waals surface area (Å²) in [5.74, 6) is -0.328. The Kier molecular flexibility index (Phi) is 2.38. The van der Waals surface area contributed by atoms with Gasteiger partial charge in [-0.25, -0.2) is 4.31 Å². The number of esters is 1. The minimum absolute atomic E-state index is 0.0174. The van der Waals surface area contributed by atoms with Gasteiger partial charge < -0.3 is 4.74 Å². The smallest absolute Gasteiger partial charge is 0.304 e. The number of β-lactam (4-membered cyclic amide) rings is 1. The molecule has 0 aliphatic carbocycles. The molecule has 0 aromatic heterocycles. The zero-order valence-corrected chi connectivity index (χ0v) is 7.18. The molecule has 1 aliphatic heterocycles. The molecule has 0 N–H and O–H groups in total. The molecule has 11 heavy (non-hydrogen) atoms. The van der Waals surface area contributed by atoms with Crippen LogP contribution in [0, 0.1) is 0 Å². The zero-order chi connectivity index (χ0) is 8.43. The van der Waals surface area contributed by atoms with E-state index in [1.54, 1.807) is 6.26 Å². The van der Waals surface area contributed by atoms with E-state index in [0.29, 0.717) is 6.42 Å². The predicted molar refractivity (Wildman–Crippen MR) is 40.5 cm³/mol. The average Bonchev–Trinajstić information content (AvgIpc) is 1.86. The molecule has 1 aliphatic rings. The molecule has 1 fully saturated rings. The highest BCUT2D eigenvalue weighted by atomic mass is 32.2. The summed E-state index contributed by atoms with van der Waals surface area (Å²) in [7, 11) is 0. The SMILES string of the molecule is CSN1C(=O)C[C@H]1OC(C)=O. The van der Waals surface area contributed by atoms with Crippen molar-refractivity contribution in [1.82, 2.24) is 4.31 Å². The van der Waals surface area contributed by atoms with Gasteiger partial charge in [-0.2, -0.15) is 0 Å². The van der Waals surface area contributed by atoms with Crippen molar-refractivity contribution in [1.29, 1.82) is 0 Å². The van der Waals surface area contributed by atoms with Crippen LogP contribution >= 0.6 is 11.9 Å². The normalized spacial score (nSPS) is 22.9. The molecule has 0 unspecified atom stereocenters. The second-order valence-electron chi connectivity index (χ2n) is 2.17. The molecule has 1 saturated heterocycles. The fraction of sp³-hybridized carbons (Fsp3) is 0.667. The molecule has 0 saturated carbocycles. The lowest BCUT2D eigenvalue weighted by molar-refractivity contribution is -0.169. The van der Waals surface area contributed by atoms with Crippen LogP contribution in [0.3, 0.4) is 0 Å². The second-order valence-corrected chi connectivity index (χ2v) is 2.93. The van der Waals surface area contributed by atoms with Gasteiger partial charge in [-0.05, 0) is 11.9 Å². The average molecular weight is 175 g/mol. The molecule has 0 aromatic rings. The van der Waals surface area contributed by atoms with Crippen molar-refractivity contribution >= 4 is 23.8 Å². The Balaban J connectivity index is 2.38. The lowest BCUT2D eigenvalue weighted by atomic mass is 10.2. The quantitative estimate of drug-likeness (QED) is 0.346. The number of amides is 1. The monoisotopic (exact) mass is 175 g/mol. The van der Waals surface area contributed by atoms with E-state index >= 15 is 0 Å². The van der Waals surface area contributed by atoms with Crippen LogP contribution in [0.2, 0.25) is 0 Å². The van der Waals surface area contributed by atoms with Gasteiger partial charge >= 0.3 is 5.97 Å². The first-order chi connectivity index (χ1) is 5.15. The van der Waals surface area contributed by atoms with E-state index in [-0.39, 0.29) is 18.1 Å². The third-order valence-electron chi connectivity index (χ3n) is 1.36. The van der Waals surface area contributed by atoms with E-state index < -0.39 is 0 Å². The molecule has 0 bridgehead atoms. The van der Waals surface area contributed by atoms with Crippen molar-refractivity contribution in [3.63, 3.8) is 0 Å². The number of carbonyl (C=O) groups is 2. The number of hydrogen-bond acceptors (Lipinski definition) is 4. The van der Waals surface area contributed by atoms with Crippen molar-refractivity contribution in [2.75, 3.05) is 6.26 Å². The number of hydrogen-bond donors (Lipinski definition) is 0. The Hall–Kier alpha value is -0.710. The van der Waals surface area contributed by atoms with Crippen molar-refractivity contribution in [3.05, 3.63) is 0 Å². The molecule has 0 aromatic carbocycles. The van der Waals surface area contributed by atoms with Gasteiger partial charge in [0.15, 0.2) is 6.23 Å². The van der Waals surface area contributed by atoms with Crippen molar-refractivity contribution in [3.8, 4) is 0 Å². The van der Waals surface area contributed by atoms with E-state index in [9.17, 15) is 9.59 Å². The van der Waals surface area contributed by atoms with Gasteiger partial charge in [-0.15, -0.1) is 0 Å². The van der Waals surface area contributed by atoms with Gasteiger partial charge in [-0.3, -0.25) is 9.59 Å². The van der Waals surface area contributed by atoms with Crippen LogP contribution in [0.1, 0.15) is 13.3 Å². The summed E-state index contributed by atoms with van der Waals surface area (Å²) in [6.45, 7) is 1.33. The molecule has 0 radical (unpaired) electrons. The van der Waals surface area contributed by atoms with E-state index in [1.807, 2.05) is 0 Å². The number of ether oxygens (including phenoxy) is 1. The Bertz CT molecular complexity index is 194. The maximum Gasteiger partial charge on any atom is 0.304 e. The Morgan fingerprint density at radius 1 is 1.82 bits per heavy atom. The molecule has 1 atom stereocenters. The van der Waals surface area contributed by atoms with E-state index in [1.165, 1.54) is 23.2 Å². The first-order valence-electron chi connectivity index (χ1n) is 3.18.